The van der Waals surface area contributed by atoms with Crippen molar-refractivity contribution in [1.29, 1.82) is 0 Å². The number of anilines is 2. The smallest absolute Gasteiger partial charge is 0.254 e. The molecule has 146 valence electrons. The molecule has 1 heterocycles. The number of benzene rings is 2. The van der Waals surface area contributed by atoms with E-state index in [2.05, 4.69) is 10.6 Å². The predicted molar refractivity (Wildman–Crippen MR) is 112 cm³/mol. The van der Waals surface area contributed by atoms with Crippen LogP contribution in [0, 0.1) is 13.8 Å². The Morgan fingerprint density at radius 3 is 2.71 bits per heavy atom. The Balaban J connectivity index is 1.67. The molecule has 0 aromatic heterocycles. The van der Waals surface area contributed by atoms with Gasteiger partial charge in [0.25, 0.3) is 5.91 Å². The minimum absolute atomic E-state index is 0.0680. The van der Waals surface area contributed by atoms with Crippen LogP contribution < -0.4 is 10.6 Å². The van der Waals surface area contributed by atoms with Crippen molar-refractivity contribution in [3.8, 4) is 0 Å². The Bertz CT molecular complexity index is 958. The highest BCUT2D eigenvalue weighted by Crippen LogP contribution is 2.36. The summed E-state index contributed by atoms with van der Waals surface area (Å²) in [6, 6.07) is 10.9. The summed E-state index contributed by atoms with van der Waals surface area (Å²) in [4.78, 5) is 39.2. The molecule has 0 spiro atoms. The van der Waals surface area contributed by atoms with E-state index in [0.717, 1.165) is 21.7 Å². The fourth-order valence-corrected chi connectivity index (χ4v) is 3.86. The second kappa shape index (κ2) is 8.06. The molecule has 0 aliphatic carbocycles. The zero-order valence-electron chi connectivity index (χ0n) is 16.3. The van der Waals surface area contributed by atoms with Gasteiger partial charge in [0, 0.05) is 23.2 Å². The lowest BCUT2D eigenvalue weighted by atomic mass is 10.1. The van der Waals surface area contributed by atoms with Gasteiger partial charge in [-0.2, -0.15) is 0 Å². The van der Waals surface area contributed by atoms with E-state index >= 15 is 0 Å². The molecule has 6 nitrogen and oxygen atoms in total. The fourth-order valence-electron chi connectivity index (χ4n) is 2.93. The summed E-state index contributed by atoms with van der Waals surface area (Å²) in [5, 5.41) is 5.51. The first-order valence-corrected chi connectivity index (χ1v) is 9.87. The molecule has 3 rings (SSSR count). The van der Waals surface area contributed by atoms with Crippen LogP contribution in [-0.2, 0) is 9.59 Å². The first-order chi connectivity index (χ1) is 13.3. The summed E-state index contributed by atoms with van der Waals surface area (Å²) in [7, 11) is 1.58. The zero-order valence-corrected chi connectivity index (χ0v) is 17.1. The molecule has 0 saturated carbocycles. The number of thioether (sulfide) groups is 1. The standard InChI is InChI=1S/C21H23N3O3S/c1-12-6-5-7-16(13(12)2)22-19(25)11-24(4)21(27)15-8-9-18-17(10-15)23-20(26)14(3)28-18/h5-10,14H,11H2,1-4H3,(H,22,25)(H,23,26). The molecule has 3 amide bonds. The minimum Gasteiger partial charge on any atom is -0.332 e. The van der Waals surface area contributed by atoms with E-state index in [-0.39, 0.29) is 29.5 Å². The van der Waals surface area contributed by atoms with Gasteiger partial charge in [0.1, 0.15) is 0 Å². The summed E-state index contributed by atoms with van der Waals surface area (Å²) in [5.41, 5.74) is 3.89. The highest BCUT2D eigenvalue weighted by molar-refractivity contribution is 8.00. The fraction of sp³-hybridized carbons (Fsp3) is 0.286. The molecule has 0 bridgehead atoms. The third-order valence-corrected chi connectivity index (χ3v) is 5.94. The molecule has 2 aromatic rings. The van der Waals surface area contributed by atoms with Crippen LogP contribution >= 0.6 is 11.8 Å². The third kappa shape index (κ3) is 4.20. The molecule has 28 heavy (non-hydrogen) atoms. The second-order valence-corrected chi connectivity index (χ2v) is 8.30. The van der Waals surface area contributed by atoms with Crippen LogP contribution in [0.3, 0.4) is 0 Å². The summed E-state index contributed by atoms with van der Waals surface area (Å²) in [5.74, 6) is -0.625. The van der Waals surface area contributed by atoms with Gasteiger partial charge < -0.3 is 15.5 Å². The van der Waals surface area contributed by atoms with Gasteiger partial charge in [0.05, 0.1) is 17.5 Å². The van der Waals surface area contributed by atoms with Crippen molar-refractivity contribution in [3.05, 3.63) is 53.1 Å². The van der Waals surface area contributed by atoms with Crippen LogP contribution in [0.15, 0.2) is 41.3 Å². The van der Waals surface area contributed by atoms with Gasteiger partial charge in [0.2, 0.25) is 11.8 Å². The van der Waals surface area contributed by atoms with Gasteiger partial charge in [-0.05, 0) is 56.2 Å². The number of fused-ring (bicyclic) bond motifs is 1. The maximum absolute atomic E-state index is 12.7. The van der Waals surface area contributed by atoms with Crippen molar-refractivity contribution >= 4 is 40.9 Å². The molecule has 1 unspecified atom stereocenters. The van der Waals surface area contributed by atoms with Crippen molar-refractivity contribution in [1.82, 2.24) is 4.90 Å². The first kappa shape index (κ1) is 19.9. The molecule has 0 radical (unpaired) electrons. The van der Waals surface area contributed by atoms with Gasteiger partial charge in [-0.1, -0.05) is 12.1 Å². The van der Waals surface area contributed by atoms with Crippen molar-refractivity contribution in [2.75, 3.05) is 24.2 Å². The number of aryl methyl sites for hydroxylation is 1. The quantitative estimate of drug-likeness (QED) is 0.828. The lowest BCUT2D eigenvalue weighted by molar-refractivity contribution is -0.117. The number of hydrogen-bond acceptors (Lipinski definition) is 4. The number of nitrogens with one attached hydrogen (secondary N) is 2. The Labute approximate surface area is 168 Å². The Kier molecular flexibility index (Phi) is 5.74. The van der Waals surface area contributed by atoms with Gasteiger partial charge in [0.15, 0.2) is 0 Å². The van der Waals surface area contributed by atoms with E-state index in [0.29, 0.717) is 11.3 Å². The molecule has 1 atom stereocenters. The van der Waals surface area contributed by atoms with Gasteiger partial charge in [-0.15, -0.1) is 11.8 Å². The van der Waals surface area contributed by atoms with Crippen molar-refractivity contribution in [3.63, 3.8) is 0 Å². The predicted octanol–water partition coefficient (Wildman–Crippen LogP) is 3.45. The van der Waals surface area contributed by atoms with Crippen LogP contribution in [0.25, 0.3) is 0 Å². The first-order valence-electron chi connectivity index (χ1n) is 8.99. The topological polar surface area (TPSA) is 78.5 Å². The Morgan fingerprint density at radius 1 is 1.21 bits per heavy atom. The highest BCUT2D eigenvalue weighted by Gasteiger charge is 2.24. The zero-order chi connectivity index (χ0) is 20.4. The van der Waals surface area contributed by atoms with Crippen molar-refractivity contribution in [2.45, 2.75) is 30.9 Å². The SMILES string of the molecule is Cc1cccc(NC(=O)CN(C)C(=O)c2ccc3c(c2)NC(=O)C(C)S3)c1C. The number of carbonyl (C=O) groups is 3. The van der Waals surface area contributed by atoms with Gasteiger partial charge in [-0.3, -0.25) is 14.4 Å². The molecule has 0 fully saturated rings. The van der Waals surface area contributed by atoms with Crippen LogP contribution in [-0.4, -0.2) is 41.5 Å². The molecule has 0 saturated heterocycles. The van der Waals surface area contributed by atoms with E-state index in [9.17, 15) is 14.4 Å². The highest BCUT2D eigenvalue weighted by atomic mass is 32.2. The van der Waals surface area contributed by atoms with E-state index in [4.69, 9.17) is 0 Å². The van der Waals surface area contributed by atoms with Crippen LogP contribution in [0.4, 0.5) is 11.4 Å². The number of rotatable bonds is 4. The van der Waals surface area contributed by atoms with E-state index in [1.165, 1.54) is 16.7 Å². The average molecular weight is 398 g/mol. The van der Waals surface area contributed by atoms with Crippen LogP contribution in [0.2, 0.25) is 0 Å². The normalized spacial score (nSPS) is 15.4. The number of hydrogen-bond donors (Lipinski definition) is 2. The van der Waals surface area contributed by atoms with Gasteiger partial charge >= 0.3 is 0 Å². The largest absolute Gasteiger partial charge is 0.332 e. The lowest BCUT2D eigenvalue weighted by Gasteiger charge is -2.23. The summed E-state index contributed by atoms with van der Waals surface area (Å²) < 4.78 is 0. The van der Waals surface area contributed by atoms with E-state index < -0.39 is 0 Å². The van der Waals surface area contributed by atoms with Gasteiger partial charge in [-0.25, -0.2) is 0 Å². The Morgan fingerprint density at radius 2 is 1.96 bits per heavy atom. The summed E-state index contributed by atoms with van der Waals surface area (Å²) in [6.45, 7) is 5.69. The molecular formula is C21H23N3O3S. The average Bonchev–Trinajstić information content (AvgIpc) is 2.65. The molecular weight excluding hydrogens is 374 g/mol. The summed E-state index contributed by atoms with van der Waals surface area (Å²) in [6.07, 6.45) is 0. The lowest BCUT2D eigenvalue weighted by Crippen LogP contribution is -2.35. The maximum atomic E-state index is 12.7. The molecule has 2 aromatic carbocycles. The second-order valence-electron chi connectivity index (χ2n) is 6.92. The number of amides is 3. The Hall–Kier alpha value is -2.80. The van der Waals surface area contributed by atoms with E-state index in [1.54, 1.807) is 19.2 Å². The monoisotopic (exact) mass is 397 g/mol. The van der Waals surface area contributed by atoms with Crippen molar-refractivity contribution in [2.24, 2.45) is 0 Å². The van der Waals surface area contributed by atoms with Crippen LogP contribution in [0.1, 0.15) is 28.4 Å². The molecule has 1 aliphatic heterocycles. The molecule has 7 heteroatoms. The van der Waals surface area contributed by atoms with E-state index in [1.807, 2.05) is 45.0 Å². The maximum Gasteiger partial charge on any atom is 0.254 e. The summed E-state index contributed by atoms with van der Waals surface area (Å²) >= 11 is 1.46. The van der Waals surface area contributed by atoms with Crippen LogP contribution in [0.5, 0.6) is 0 Å². The number of likely N-dealkylation sites (N-methyl/N-ethyl adjacent to an activating group) is 1. The van der Waals surface area contributed by atoms with Crippen molar-refractivity contribution < 1.29 is 14.4 Å². The number of carbonyl (C=O) groups excluding carboxylic acids is 3. The molecule has 2 N–H and O–H groups in total. The third-order valence-electron chi connectivity index (χ3n) is 4.76. The minimum atomic E-state index is -0.281. The molecule has 1 aliphatic rings. The number of nitrogens with zero attached hydrogens (tertiary/aromatic N) is 1.